The molecule has 0 bridgehead atoms. The third kappa shape index (κ3) is 7.52. The van der Waals surface area contributed by atoms with E-state index in [4.69, 9.17) is 4.52 Å². The van der Waals surface area contributed by atoms with Crippen LogP contribution in [0.25, 0.3) is 0 Å². The summed E-state index contributed by atoms with van der Waals surface area (Å²) in [5, 5.41) is 10.9. The van der Waals surface area contributed by atoms with Crippen molar-refractivity contribution in [3.8, 4) is 0 Å². The van der Waals surface area contributed by atoms with Crippen LogP contribution < -0.4 is 10.6 Å². The van der Waals surface area contributed by atoms with Crippen LogP contribution >= 0.6 is 24.0 Å². The van der Waals surface area contributed by atoms with E-state index in [1.807, 2.05) is 13.1 Å². The molecule has 1 aliphatic rings. The van der Waals surface area contributed by atoms with Gasteiger partial charge in [-0.25, -0.2) is 0 Å². The highest BCUT2D eigenvalue weighted by Crippen LogP contribution is 2.14. The minimum absolute atomic E-state index is 0. The lowest BCUT2D eigenvalue weighted by molar-refractivity contribution is 0.187. The number of nitrogens with one attached hydrogen (secondary N) is 2. The molecule has 0 unspecified atom stereocenters. The Bertz CT molecular complexity index is 521. The van der Waals surface area contributed by atoms with Crippen molar-refractivity contribution >= 4 is 29.9 Å². The van der Waals surface area contributed by atoms with E-state index in [-0.39, 0.29) is 24.0 Å². The van der Waals surface area contributed by atoms with E-state index in [1.54, 1.807) is 0 Å². The fraction of sp³-hybridized carbons (Fsp3) is 0.778. The van der Waals surface area contributed by atoms with Gasteiger partial charge in [0.1, 0.15) is 0 Å². The standard InChI is InChI=1S/C18H33N5O.HI/c1-13(2)12-23-8-6-15(7-9-23)21-18(19-5)20-11-16-10-17(14(3)4)22-24-16;/h10,13-15H,6-9,11-12H2,1-5H3,(H2,19,20,21);1H. The molecule has 0 aliphatic carbocycles. The molecule has 2 rings (SSSR count). The van der Waals surface area contributed by atoms with E-state index in [0.29, 0.717) is 18.5 Å². The second kappa shape index (κ2) is 11.0. The first-order valence-corrected chi connectivity index (χ1v) is 9.13. The van der Waals surface area contributed by atoms with Crippen LogP contribution in [-0.4, -0.2) is 48.7 Å². The van der Waals surface area contributed by atoms with E-state index >= 15 is 0 Å². The summed E-state index contributed by atoms with van der Waals surface area (Å²) < 4.78 is 5.36. The van der Waals surface area contributed by atoms with E-state index < -0.39 is 0 Å². The molecule has 1 fully saturated rings. The molecule has 7 heteroatoms. The van der Waals surface area contributed by atoms with E-state index in [2.05, 4.69) is 53.4 Å². The van der Waals surface area contributed by atoms with Gasteiger partial charge < -0.3 is 20.1 Å². The van der Waals surface area contributed by atoms with Gasteiger partial charge in [0.05, 0.1) is 12.2 Å². The topological polar surface area (TPSA) is 65.7 Å². The number of nitrogens with zero attached hydrogens (tertiary/aromatic N) is 3. The summed E-state index contributed by atoms with van der Waals surface area (Å²) in [6.45, 7) is 12.9. The van der Waals surface area contributed by atoms with Crippen LogP contribution in [0.5, 0.6) is 0 Å². The highest BCUT2D eigenvalue weighted by molar-refractivity contribution is 14.0. The molecule has 0 saturated carbocycles. The maximum Gasteiger partial charge on any atom is 0.191 e. The van der Waals surface area contributed by atoms with Gasteiger partial charge in [-0.15, -0.1) is 24.0 Å². The molecule has 1 aromatic rings. The van der Waals surface area contributed by atoms with Crippen molar-refractivity contribution in [3.63, 3.8) is 0 Å². The number of piperidine rings is 1. The normalized spacial score (nSPS) is 17.0. The summed E-state index contributed by atoms with van der Waals surface area (Å²) in [5.41, 5.74) is 0.993. The van der Waals surface area contributed by atoms with Gasteiger partial charge in [0, 0.05) is 38.8 Å². The monoisotopic (exact) mass is 463 g/mol. The SMILES string of the molecule is CN=C(NCc1cc(C(C)C)no1)NC1CCN(CC(C)C)CC1.I. The van der Waals surface area contributed by atoms with Crippen LogP contribution in [0.1, 0.15) is 57.9 Å². The number of rotatable bonds is 6. The molecule has 1 aliphatic heterocycles. The maximum atomic E-state index is 5.36. The molecule has 25 heavy (non-hydrogen) atoms. The maximum absolute atomic E-state index is 5.36. The number of halogens is 1. The predicted octanol–water partition coefficient (Wildman–Crippen LogP) is 3.20. The van der Waals surface area contributed by atoms with E-state index in [9.17, 15) is 0 Å². The third-order valence-electron chi connectivity index (χ3n) is 4.37. The largest absolute Gasteiger partial charge is 0.359 e. The lowest BCUT2D eigenvalue weighted by Crippen LogP contribution is -2.48. The Kier molecular flexibility index (Phi) is 9.78. The zero-order valence-electron chi connectivity index (χ0n) is 16.2. The average molecular weight is 463 g/mol. The summed E-state index contributed by atoms with van der Waals surface area (Å²) in [4.78, 5) is 6.88. The molecule has 2 heterocycles. The number of guanidine groups is 1. The second-order valence-corrected chi connectivity index (χ2v) is 7.41. The van der Waals surface area contributed by atoms with Gasteiger partial charge in [0.15, 0.2) is 11.7 Å². The lowest BCUT2D eigenvalue weighted by atomic mass is 10.0. The fourth-order valence-corrected chi connectivity index (χ4v) is 3.02. The smallest absolute Gasteiger partial charge is 0.191 e. The van der Waals surface area contributed by atoms with Gasteiger partial charge in [-0.3, -0.25) is 4.99 Å². The van der Waals surface area contributed by atoms with E-state index in [1.165, 1.54) is 6.54 Å². The third-order valence-corrected chi connectivity index (χ3v) is 4.37. The van der Waals surface area contributed by atoms with Gasteiger partial charge in [-0.1, -0.05) is 32.9 Å². The van der Waals surface area contributed by atoms with Crippen LogP contribution in [0.3, 0.4) is 0 Å². The predicted molar refractivity (Wildman–Crippen MR) is 114 cm³/mol. The van der Waals surface area contributed by atoms with Crippen molar-refractivity contribution in [1.82, 2.24) is 20.7 Å². The zero-order chi connectivity index (χ0) is 17.5. The number of aromatic nitrogens is 1. The Hall–Kier alpha value is -0.830. The van der Waals surface area contributed by atoms with Crippen LogP contribution in [0.4, 0.5) is 0 Å². The molecule has 0 amide bonds. The summed E-state index contributed by atoms with van der Waals surface area (Å²) in [7, 11) is 1.81. The molecule has 6 nitrogen and oxygen atoms in total. The van der Waals surface area contributed by atoms with Crippen molar-refractivity contribution in [2.45, 2.75) is 59.0 Å². The van der Waals surface area contributed by atoms with Crippen LogP contribution in [0.2, 0.25) is 0 Å². The molecular formula is C18H34IN5O. The Labute approximate surface area is 169 Å². The molecule has 0 aromatic carbocycles. The molecule has 144 valence electrons. The zero-order valence-corrected chi connectivity index (χ0v) is 18.5. The van der Waals surface area contributed by atoms with Gasteiger partial charge in [-0.05, 0) is 24.7 Å². The first-order valence-electron chi connectivity index (χ1n) is 9.13. The molecule has 1 saturated heterocycles. The van der Waals surface area contributed by atoms with Gasteiger partial charge in [-0.2, -0.15) is 0 Å². The summed E-state index contributed by atoms with van der Waals surface area (Å²) in [5.74, 6) is 2.80. The van der Waals surface area contributed by atoms with Crippen LogP contribution in [0, 0.1) is 5.92 Å². The Balaban J connectivity index is 0.00000312. The van der Waals surface area contributed by atoms with Crippen molar-refractivity contribution < 1.29 is 4.52 Å². The Morgan fingerprint density at radius 3 is 2.52 bits per heavy atom. The Morgan fingerprint density at radius 1 is 1.32 bits per heavy atom. The highest BCUT2D eigenvalue weighted by atomic mass is 127. The summed E-state index contributed by atoms with van der Waals surface area (Å²) in [6, 6.07) is 2.50. The number of likely N-dealkylation sites (tertiary alicyclic amines) is 1. The minimum atomic E-state index is 0. The fourth-order valence-electron chi connectivity index (χ4n) is 3.02. The number of aliphatic imine (C=N–C) groups is 1. The van der Waals surface area contributed by atoms with E-state index in [0.717, 1.165) is 49.3 Å². The number of hydrogen-bond acceptors (Lipinski definition) is 4. The molecule has 1 aromatic heterocycles. The molecule has 2 N–H and O–H groups in total. The van der Waals surface area contributed by atoms with Crippen molar-refractivity contribution in [1.29, 1.82) is 0 Å². The van der Waals surface area contributed by atoms with Gasteiger partial charge in [0.2, 0.25) is 0 Å². The molecular weight excluding hydrogens is 429 g/mol. The summed E-state index contributed by atoms with van der Waals surface area (Å²) in [6.07, 6.45) is 2.32. The van der Waals surface area contributed by atoms with Crippen LogP contribution in [-0.2, 0) is 6.54 Å². The van der Waals surface area contributed by atoms with Crippen molar-refractivity contribution in [2.75, 3.05) is 26.7 Å². The van der Waals surface area contributed by atoms with Gasteiger partial charge in [0.25, 0.3) is 0 Å². The van der Waals surface area contributed by atoms with Crippen LogP contribution in [0.15, 0.2) is 15.6 Å². The molecule has 0 radical (unpaired) electrons. The number of hydrogen-bond donors (Lipinski definition) is 2. The minimum Gasteiger partial charge on any atom is -0.359 e. The lowest BCUT2D eigenvalue weighted by Gasteiger charge is -2.33. The molecule has 0 spiro atoms. The Morgan fingerprint density at radius 2 is 2.00 bits per heavy atom. The van der Waals surface area contributed by atoms with Gasteiger partial charge >= 0.3 is 0 Å². The molecule has 0 atom stereocenters. The quantitative estimate of drug-likeness (QED) is 0.386. The first kappa shape index (κ1) is 22.2. The summed E-state index contributed by atoms with van der Waals surface area (Å²) >= 11 is 0. The second-order valence-electron chi connectivity index (χ2n) is 7.41. The van der Waals surface area contributed by atoms with Crippen molar-refractivity contribution in [2.24, 2.45) is 10.9 Å². The highest BCUT2D eigenvalue weighted by Gasteiger charge is 2.20. The van der Waals surface area contributed by atoms with Crippen molar-refractivity contribution in [3.05, 3.63) is 17.5 Å². The first-order chi connectivity index (χ1) is 11.5. The average Bonchev–Trinajstić information content (AvgIpc) is 3.02.